The number of rotatable bonds is 5. The second kappa shape index (κ2) is 6.63. The van der Waals surface area contributed by atoms with Crippen molar-refractivity contribution in [2.75, 3.05) is 33.4 Å². The van der Waals surface area contributed by atoms with Crippen molar-refractivity contribution in [1.29, 1.82) is 0 Å². The summed E-state index contributed by atoms with van der Waals surface area (Å²) >= 11 is 0. The topological polar surface area (TPSA) is 58.7 Å². The minimum atomic E-state index is -0.772. The van der Waals surface area contributed by atoms with E-state index >= 15 is 0 Å². The zero-order valence-electron chi connectivity index (χ0n) is 11.9. The molecule has 0 aliphatic carbocycles. The third-order valence-corrected chi connectivity index (χ3v) is 3.99. The van der Waals surface area contributed by atoms with Crippen molar-refractivity contribution in [2.24, 2.45) is 5.73 Å². The minimum Gasteiger partial charge on any atom is -0.388 e. The maximum Gasteiger partial charge on any atom is 0.128 e. The second-order valence-corrected chi connectivity index (χ2v) is 5.52. The summed E-state index contributed by atoms with van der Waals surface area (Å²) in [6.07, 6.45) is 1.21. The lowest BCUT2D eigenvalue weighted by molar-refractivity contribution is -0.0813. The van der Waals surface area contributed by atoms with Crippen LogP contribution >= 0.6 is 0 Å². The molecule has 5 heteroatoms. The zero-order chi connectivity index (χ0) is 14.6. The van der Waals surface area contributed by atoms with Crippen LogP contribution in [0.5, 0.6) is 0 Å². The van der Waals surface area contributed by atoms with E-state index in [9.17, 15) is 9.50 Å². The van der Waals surface area contributed by atoms with Gasteiger partial charge in [0.25, 0.3) is 0 Å². The fourth-order valence-electron chi connectivity index (χ4n) is 2.77. The number of hydrogen-bond donors (Lipinski definition) is 2. The van der Waals surface area contributed by atoms with Crippen LogP contribution in [0.4, 0.5) is 4.39 Å². The molecule has 1 heterocycles. The van der Waals surface area contributed by atoms with Gasteiger partial charge in [-0.25, -0.2) is 4.39 Å². The Hall–Kier alpha value is -1.01. The van der Waals surface area contributed by atoms with E-state index in [1.165, 1.54) is 6.07 Å². The molecule has 1 aromatic rings. The molecule has 1 aromatic carbocycles. The highest BCUT2D eigenvalue weighted by molar-refractivity contribution is 5.21. The summed E-state index contributed by atoms with van der Waals surface area (Å²) in [5, 5.41) is 10.5. The van der Waals surface area contributed by atoms with Crippen LogP contribution in [0.2, 0.25) is 0 Å². The highest BCUT2D eigenvalue weighted by Gasteiger charge is 2.33. The highest BCUT2D eigenvalue weighted by atomic mass is 19.1. The standard InChI is InChI=1S/C15H23FN2O2/c1-18(11-15(19)6-8-20-9-7-15)14(10-17)12-4-2-3-5-13(12)16/h2-5,14,19H,6-11,17H2,1H3. The number of halogens is 1. The number of benzene rings is 1. The minimum absolute atomic E-state index is 0.233. The van der Waals surface area contributed by atoms with E-state index in [-0.39, 0.29) is 11.9 Å². The van der Waals surface area contributed by atoms with Crippen LogP contribution in [-0.4, -0.2) is 49.0 Å². The van der Waals surface area contributed by atoms with Crippen LogP contribution in [0.1, 0.15) is 24.4 Å². The molecule has 112 valence electrons. The van der Waals surface area contributed by atoms with Gasteiger partial charge in [-0.15, -0.1) is 0 Å². The lowest BCUT2D eigenvalue weighted by Gasteiger charge is -2.38. The van der Waals surface area contributed by atoms with E-state index < -0.39 is 5.60 Å². The predicted molar refractivity (Wildman–Crippen MR) is 75.8 cm³/mol. The molecule has 3 N–H and O–H groups in total. The summed E-state index contributed by atoms with van der Waals surface area (Å²) in [6.45, 7) is 1.91. The maximum absolute atomic E-state index is 13.9. The Morgan fingerprint density at radius 3 is 2.65 bits per heavy atom. The third-order valence-electron chi connectivity index (χ3n) is 3.99. The maximum atomic E-state index is 13.9. The smallest absolute Gasteiger partial charge is 0.128 e. The van der Waals surface area contributed by atoms with Crippen LogP contribution < -0.4 is 5.73 Å². The van der Waals surface area contributed by atoms with Crippen molar-refractivity contribution < 1.29 is 14.2 Å². The van der Waals surface area contributed by atoms with E-state index in [2.05, 4.69) is 0 Å². The molecule has 1 unspecified atom stereocenters. The lowest BCUT2D eigenvalue weighted by atomic mass is 9.92. The Morgan fingerprint density at radius 2 is 2.05 bits per heavy atom. The summed E-state index contributed by atoms with van der Waals surface area (Å²) in [5.74, 6) is -0.256. The van der Waals surface area contributed by atoms with E-state index in [1.807, 2.05) is 11.9 Å². The highest BCUT2D eigenvalue weighted by Crippen LogP contribution is 2.27. The second-order valence-electron chi connectivity index (χ2n) is 5.52. The first-order valence-corrected chi connectivity index (χ1v) is 7.00. The Kier molecular flexibility index (Phi) is 5.10. The van der Waals surface area contributed by atoms with Crippen molar-refractivity contribution in [3.8, 4) is 0 Å². The van der Waals surface area contributed by atoms with Gasteiger partial charge < -0.3 is 15.6 Å². The Balaban J connectivity index is 2.09. The molecule has 1 aliphatic heterocycles. The molecule has 0 spiro atoms. The number of nitrogens with zero attached hydrogens (tertiary/aromatic N) is 1. The van der Waals surface area contributed by atoms with Gasteiger partial charge in [-0.3, -0.25) is 4.90 Å². The first-order valence-electron chi connectivity index (χ1n) is 7.00. The van der Waals surface area contributed by atoms with Crippen LogP contribution in [0.3, 0.4) is 0 Å². The third kappa shape index (κ3) is 3.55. The van der Waals surface area contributed by atoms with Gasteiger partial charge in [-0.2, -0.15) is 0 Å². The van der Waals surface area contributed by atoms with E-state index in [0.717, 1.165) is 0 Å². The van der Waals surface area contributed by atoms with Gasteiger partial charge in [0.15, 0.2) is 0 Å². The van der Waals surface area contributed by atoms with Gasteiger partial charge in [0.05, 0.1) is 5.60 Å². The van der Waals surface area contributed by atoms with Gasteiger partial charge in [0, 0.05) is 50.8 Å². The zero-order valence-corrected chi connectivity index (χ0v) is 11.9. The molecule has 20 heavy (non-hydrogen) atoms. The Morgan fingerprint density at radius 1 is 1.40 bits per heavy atom. The summed E-state index contributed by atoms with van der Waals surface area (Å²) in [5.41, 5.74) is 5.61. The van der Waals surface area contributed by atoms with Crippen LogP contribution in [0.15, 0.2) is 24.3 Å². The van der Waals surface area contributed by atoms with E-state index in [0.29, 0.717) is 44.7 Å². The molecule has 2 rings (SSSR count). The van der Waals surface area contributed by atoms with Crippen molar-refractivity contribution in [3.05, 3.63) is 35.6 Å². The molecule has 0 aromatic heterocycles. The van der Waals surface area contributed by atoms with Crippen LogP contribution in [0.25, 0.3) is 0 Å². The number of ether oxygens (including phenoxy) is 1. The predicted octanol–water partition coefficient (Wildman–Crippen LogP) is 1.30. The fraction of sp³-hybridized carbons (Fsp3) is 0.600. The first-order chi connectivity index (χ1) is 9.56. The molecule has 0 bridgehead atoms. The SMILES string of the molecule is CN(CC1(O)CCOCC1)C(CN)c1ccccc1F. The fourth-order valence-corrected chi connectivity index (χ4v) is 2.77. The van der Waals surface area contributed by atoms with Gasteiger partial charge in [-0.1, -0.05) is 18.2 Å². The average Bonchev–Trinajstić information content (AvgIpc) is 2.42. The monoisotopic (exact) mass is 282 g/mol. The molecule has 1 saturated heterocycles. The quantitative estimate of drug-likeness (QED) is 0.854. The summed E-state index contributed by atoms with van der Waals surface area (Å²) < 4.78 is 19.2. The number of nitrogens with two attached hydrogens (primary N) is 1. The van der Waals surface area contributed by atoms with Gasteiger partial charge in [-0.05, 0) is 13.1 Å². The summed E-state index contributed by atoms with van der Waals surface area (Å²) in [4.78, 5) is 1.93. The van der Waals surface area contributed by atoms with Crippen LogP contribution in [-0.2, 0) is 4.74 Å². The summed E-state index contributed by atoms with van der Waals surface area (Å²) in [6, 6.07) is 6.42. The van der Waals surface area contributed by atoms with Crippen molar-refractivity contribution in [3.63, 3.8) is 0 Å². The molecular formula is C15H23FN2O2. The van der Waals surface area contributed by atoms with Crippen molar-refractivity contribution in [2.45, 2.75) is 24.5 Å². The van der Waals surface area contributed by atoms with Crippen LogP contribution in [0, 0.1) is 5.82 Å². The van der Waals surface area contributed by atoms with E-state index in [1.54, 1.807) is 18.2 Å². The van der Waals surface area contributed by atoms with Crippen molar-refractivity contribution in [1.82, 2.24) is 4.90 Å². The van der Waals surface area contributed by atoms with Gasteiger partial charge >= 0.3 is 0 Å². The molecule has 0 saturated carbocycles. The lowest BCUT2D eigenvalue weighted by Crippen LogP contribution is -2.47. The number of hydrogen-bond acceptors (Lipinski definition) is 4. The van der Waals surface area contributed by atoms with Gasteiger partial charge in [0.1, 0.15) is 5.82 Å². The Bertz CT molecular complexity index is 436. The number of likely N-dealkylation sites (N-methyl/N-ethyl adjacent to an activating group) is 1. The average molecular weight is 282 g/mol. The van der Waals surface area contributed by atoms with Gasteiger partial charge in [0.2, 0.25) is 0 Å². The molecule has 0 amide bonds. The molecule has 1 atom stereocenters. The molecule has 1 fully saturated rings. The van der Waals surface area contributed by atoms with E-state index in [4.69, 9.17) is 10.5 Å². The molecule has 4 nitrogen and oxygen atoms in total. The first kappa shape index (κ1) is 15.4. The Labute approximate surface area is 119 Å². The molecule has 0 radical (unpaired) electrons. The largest absolute Gasteiger partial charge is 0.388 e. The molecule has 1 aliphatic rings. The van der Waals surface area contributed by atoms with Crippen molar-refractivity contribution >= 4 is 0 Å². The summed E-state index contributed by atoms with van der Waals surface area (Å²) in [7, 11) is 1.87. The normalized spacial score (nSPS) is 20.1. The molecular weight excluding hydrogens is 259 g/mol. The number of aliphatic hydroxyl groups is 1.